The van der Waals surface area contributed by atoms with Gasteiger partial charge in [-0.1, -0.05) is 24.3 Å². The van der Waals surface area contributed by atoms with Crippen molar-refractivity contribution in [3.8, 4) is 6.07 Å². The van der Waals surface area contributed by atoms with Crippen molar-refractivity contribution >= 4 is 16.7 Å². The number of carbonyl (C=O) groups excluding carboxylic acids is 1. The Morgan fingerprint density at radius 2 is 2.05 bits per heavy atom. The molecule has 2 aromatic rings. The van der Waals surface area contributed by atoms with Crippen molar-refractivity contribution in [1.29, 1.82) is 5.26 Å². The lowest BCUT2D eigenvalue weighted by Gasteiger charge is -2.32. The zero-order valence-electron chi connectivity index (χ0n) is 11.3. The molecule has 1 atom stereocenters. The van der Waals surface area contributed by atoms with Crippen molar-refractivity contribution in [2.45, 2.75) is 6.04 Å². The molecule has 0 aromatic heterocycles. The van der Waals surface area contributed by atoms with Crippen LogP contribution in [0.5, 0.6) is 0 Å². The Morgan fingerprint density at radius 1 is 1.29 bits per heavy atom. The predicted octanol–water partition coefficient (Wildman–Crippen LogP) is 1.92. The molecule has 5 heteroatoms. The van der Waals surface area contributed by atoms with Crippen LogP contribution in [-0.4, -0.2) is 36.5 Å². The smallest absolute Gasteiger partial charge is 0.255 e. The van der Waals surface area contributed by atoms with Crippen LogP contribution in [0.4, 0.5) is 4.39 Å². The van der Waals surface area contributed by atoms with E-state index in [9.17, 15) is 14.4 Å². The molecule has 1 N–H and O–H groups in total. The van der Waals surface area contributed by atoms with E-state index in [0.29, 0.717) is 36.0 Å². The Morgan fingerprint density at radius 3 is 2.81 bits per heavy atom. The summed E-state index contributed by atoms with van der Waals surface area (Å²) in [5.41, 5.74) is 0.439. The number of piperazine rings is 1. The van der Waals surface area contributed by atoms with Gasteiger partial charge in [0, 0.05) is 30.6 Å². The Balaban J connectivity index is 2.06. The first-order chi connectivity index (χ1) is 10.2. The highest BCUT2D eigenvalue weighted by molar-refractivity contribution is 6.07. The molecule has 1 amide bonds. The fourth-order valence-electron chi connectivity index (χ4n) is 2.67. The summed E-state index contributed by atoms with van der Waals surface area (Å²) in [4.78, 5) is 14.3. The second-order valence-corrected chi connectivity index (χ2v) is 4.99. The molecule has 0 bridgehead atoms. The Hall–Kier alpha value is -2.45. The summed E-state index contributed by atoms with van der Waals surface area (Å²) < 4.78 is 13.8. The number of amides is 1. The van der Waals surface area contributed by atoms with Crippen molar-refractivity contribution in [1.82, 2.24) is 10.2 Å². The zero-order chi connectivity index (χ0) is 14.8. The summed E-state index contributed by atoms with van der Waals surface area (Å²) in [6.45, 7) is 1.59. The van der Waals surface area contributed by atoms with Crippen LogP contribution >= 0.6 is 0 Å². The minimum Gasteiger partial charge on any atom is -0.320 e. The van der Waals surface area contributed by atoms with Crippen molar-refractivity contribution < 1.29 is 9.18 Å². The monoisotopic (exact) mass is 283 g/mol. The van der Waals surface area contributed by atoms with Gasteiger partial charge in [0.15, 0.2) is 0 Å². The second-order valence-electron chi connectivity index (χ2n) is 4.99. The molecule has 21 heavy (non-hydrogen) atoms. The molecule has 2 aromatic carbocycles. The quantitative estimate of drug-likeness (QED) is 0.870. The molecule has 0 radical (unpaired) electrons. The number of carbonyl (C=O) groups is 1. The van der Waals surface area contributed by atoms with Crippen LogP contribution in [0.1, 0.15) is 10.4 Å². The molecule has 1 aliphatic heterocycles. The fourth-order valence-corrected chi connectivity index (χ4v) is 2.67. The highest BCUT2D eigenvalue weighted by atomic mass is 19.1. The van der Waals surface area contributed by atoms with Crippen molar-refractivity contribution in [2.24, 2.45) is 0 Å². The summed E-state index contributed by atoms with van der Waals surface area (Å²) in [7, 11) is 0. The third-order valence-corrected chi connectivity index (χ3v) is 3.75. The number of hydrogen-bond acceptors (Lipinski definition) is 3. The number of halogens is 1. The van der Waals surface area contributed by atoms with Crippen LogP contribution in [0, 0.1) is 17.1 Å². The Kier molecular flexibility index (Phi) is 3.55. The Labute approximate surface area is 121 Å². The molecule has 0 spiro atoms. The lowest BCUT2D eigenvalue weighted by atomic mass is 10.0. The van der Waals surface area contributed by atoms with Gasteiger partial charge in [-0.15, -0.1) is 0 Å². The van der Waals surface area contributed by atoms with E-state index in [1.807, 2.05) is 0 Å². The van der Waals surface area contributed by atoms with Crippen LogP contribution in [0.3, 0.4) is 0 Å². The van der Waals surface area contributed by atoms with E-state index in [-0.39, 0.29) is 11.7 Å². The summed E-state index contributed by atoms with van der Waals surface area (Å²) in [6.07, 6.45) is 0. The van der Waals surface area contributed by atoms with Gasteiger partial charge in [0.05, 0.1) is 6.07 Å². The lowest BCUT2D eigenvalue weighted by molar-refractivity contribution is 0.0689. The molecular weight excluding hydrogens is 269 g/mol. The predicted molar refractivity (Wildman–Crippen MR) is 77.2 cm³/mol. The number of nitrogens with one attached hydrogen (secondary N) is 1. The standard InChI is InChI=1S/C16H14FN3O/c17-15-6-5-14(12-3-1-2-4-13(12)15)16(21)20-8-7-19-10-11(20)9-18/h1-6,11,19H,7-8,10H2. The first-order valence-electron chi connectivity index (χ1n) is 6.81. The van der Waals surface area contributed by atoms with Crippen LogP contribution < -0.4 is 5.32 Å². The number of nitrogens with zero attached hydrogens (tertiary/aromatic N) is 2. The molecule has 1 heterocycles. The van der Waals surface area contributed by atoms with Gasteiger partial charge in [-0.2, -0.15) is 5.26 Å². The first-order valence-corrected chi connectivity index (χ1v) is 6.81. The van der Waals surface area contributed by atoms with Gasteiger partial charge in [-0.25, -0.2) is 4.39 Å². The molecule has 0 saturated carbocycles. The lowest BCUT2D eigenvalue weighted by Crippen LogP contribution is -2.53. The fraction of sp³-hybridized carbons (Fsp3) is 0.250. The van der Waals surface area contributed by atoms with E-state index in [1.165, 1.54) is 12.1 Å². The van der Waals surface area contributed by atoms with Crippen molar-refractivity contribution in [3.63, 3.8) is 0 Å². The van der Waals surface area contributed by atoms with E-state index in [4.69, 9.17) is 0 Å². The van der Waals surface area contributed by atoms with Gasteiger partial charge < -0.3 is 10.2 Å². The maximum Gasteiger partial charge on any atom is 0.255 e. The summed E-state index contributed by atoms with van der Waals surface area (Å²) in [5.74, 6) is -0.571. The minimum atomic E-state index is -0.491. The highest BCUT2D eigenvalue weighted by Crippen LogP contribution is 2.23. The van der Waals surface area contributed by atoms with Crippen molar-refractivity contribution in [3.05, 3.63) is 47.8 Å². The third kappa shape index (κ3) is 2.34. The third-order valence-electron chi connectivity index (χ3n) is 3.75. The summed E-state index contributed by atoms with van der Waals surface area (Å²) in [5, 5.41) is 13.3. The maximum absolute atomic E-state index is 13.8. The first kappa shape index (κ1) is 13.5. The second kappa shape index (κ2) is 5.51. The highest BCUT2D eigenvalue weighted by Gasteiger charge is 2.28. The number of hydrogen-bond donors (Lipinski definition) is 1. The molecule has 4 nitrogen and oxygen atoms in total. The van der Waals surface area contributed by atoms with E-state index in [0.717, 1.165) is 0 Å². The van der Waals surface area contributed by atoms with Crippen molar-refractivity contribution in [2.75, 3.05) is 19.6 Å². The van der Waals surface area contributed by atoms with Gasteiger partial charge >= 0.3 is 0 Å². The minimum absolute atomic E-state index is 0.223. The average Bonchev–Trinajstić information content (AvgIpc) is 2.55. The SMILES string of the molecule is N#CC1CNCCN1C(=O)c1ccc(F)c2ccccc12. The maximum atomic E-state index is 13.8. The van der Waals surface area contributed by atoms with Gasteiger partial charge in [0.25, 0.3) is 5.91 Å². The average molecular weight is 283 g/mol. The van der Waals surface area contributed by atoms with Crippen LogP contribution in [-0.2, 0) is 0 Å². The number of rotatable bonds is 1. The topological polar surface area (TPSA) is 56.1 Å². The molecule has 1 saturated heterocycles. The number of nitriles is 1. The van der Waals surface area contributed by atoms with E-state index < -0.39 is 6.04 Å². The van der Waals surface area contributed by atoms with E-state index >= 15 is 0 Å². The van der Waals surface area contributed by atoms with Gasteiger partial charge in [-0.05, 0) is 17.5 Å². The van der Waals surface area contributed by atoms with Crippen LogP contribution in [0.15, 0.2) is 36.4 Å². The largest absolute Gasteiger partial charge is 0.320 e. The Bertz CT molecular complexity index is 738. The van der Waals surface area contributed by atoms with E-state index in [2.05, 4.69) is 11.4 Å². The molecule has 106 valence electrons. The van der Waals surface area contributed by atoms with Gasteiger partial charge in [0.1, 0.15) is 11.9 Å². The molecule has 1 aliphatic rings. The summed E-state index contributed by atoms with van der Waals surface area (Å²) in [6, 6.07) is 11.3. The molecule has 1 fully saturated rings. The number of fused-ring (bicyclic) bond motifs is 1. The zero-order valence-corrected chi connectivity index (χ0v) is 11.3. The molecular formula is C16H14FN3O. The van der Waals surface area contributed by atoms with Crippen LogP contribution in [0.25, 0.3) is 10.8 Å². The molecule has 0 aliphatic carbocycles. The molecule has 3 rings (SSSR count). The molecule has 1 unspecified atom stereocenters. The van der Waals surface area contributed by atoms with Crippen LogP contribution in [0.2, 0.25) is 0 Å². The van der Waals surface area contributed by atoms with Gasteiger partial charge in [0.2, 0.25) is 0 Å². The number of benzene rings is 2. The van der Waals surface area contributed by atoms with E-state index in [1.54, 1.807) is 29.2 Å². The summed E-state index contributed by atoms with van der Waals surface area (Å²) >= 11 is 0. The van der Waals surface area contributed by atoms with Gasteiger partial charge in [-0.3, -0.25) is 4.79 Å². The normalized spacial score (nSPS) is 18.5.